The number of nitrogens with zero attached hydrogens (tertiary/aromatic N) is 3. The summed E-state index contributed by atoms with van der Waals surface area (Å²) in [6.45, 7) is 2.03. The zero-order chi connectivity index (χ0) is 25.2. The van der Waals surface area contributed by atoms with Gasteiger partial charge in [-0.3, -0.25) is 9.10 Å². The molecule has 8 nitrogen and oxygen atoms in total. The van der Waals surface area contributed by atoms with E-state index in [9.17, 15) is 18.0 Å². The summed E-state index contributed by atoms with van der Waals surface area (Å²) in [5.74, 6) is -0.943. The van der Waals surface area contributed by atoms with Crippen molar-refractivity contribution in [1.82, 2.24) is 4.57 Å². The van der Waals surface area contributed by atoms with E-state index in [1.54, 1.807) is 61.0 Å². The van der Waals surface area contributed by atoms with Gasteiger partial charge in [-0.25, -0.2) is 13.2 Å². The minimum atomic E-state index is -3.79. The first kappa shape index (κ1) is 24.4. The lowest BCUT2D eigenvalue weighted by atomic mass is 10.2. The van der Waals surface area contributed by atoms with E-state index < -0.39 is 21.9 Å². The molecule has 0 N–H and O–H groups in total. The first-order valence-corrected chi connectivity index (χ1v) is 13.0. The third-order valence-corrected chi connectivity index (χ3v) is 8.46. The van der Waals surface area contributed by atoms with Crippen LogP contribution in [-0.4, -0.2) is 38.5 Å². The number of aryl methyl sites for hydroxylation is 1. The van der Waals surface area contributed by atoms with Crippen LogP contribution in [0.1, 0.15) is 27.6 Å². The molecule has 0 aliphatic rings. The molecule has 4 rings (SSSR count). The normalized spacial score (nSPS) is 12.0. The minimum Gasteiger partial charge on any atom is -0.465 e. The largest absolute Gasteiger partial charge is 0.465 e. The Hall–Kier alpha value is -3.76. The van der Waals surface area contributed by atoms with Crippen LogP contribution in [0.4, 0.5) is 5.69 Å². The van der Waals surface area contributed by atoms with Crippen LogP contribution < -0.4 is 9.11 Å². The fourth-order valence-corrected chi connectivity index (χ4v) is 6.15. The summed E-state index contributed by atoms with van der Waals surface area (Å²) in [6, 6.07) is 19.7. The molecule has 10 heteroatoms. The number of aromatic nitrogens is 1. The van der Waals surface area contributed by atoms with Gasteiger partial charge in [0.2, 0.25) is 0 Å². The highest BCUT2D eigenvalue weighted by Gasteiger charge is 2.23. The van der Waals surface area contributed by atoms with Crippen molar-refractivity contribution in [3.63, 3.8) is 0 Å². The molecule has 4 aromatic rings. The molecule has 1 heterocycles. The SMILES string of the molecule is CCN(c1ccccc1)S(=O)(=O)c1ccc(C(=O)N=c2sc3cc(C(=O)OC)ccc3n2C)cc1. The van der Waals surface area contributed by atoms with Gasteiger partial charge in [-0.15, -0.1) is 0 Å². The number of fused-ring (bicyclic) bond motifs is 1. The smallest absolute Gasteiger partial charge is 0.337 e. The molecule has 180 valence electrons. The van der Waals surface area contributed by atoms with Crippen molar-refractivity contribution in [2.75, 3.05) is 18.0 Å². The molecular weight excluding hydrogens is 486 g/mol. The van der Waals surface area contributed by atoms with Crippen molar-refractivity contribution in [1.29, 1.82) is 0 Å². The van der Waals surface area contributed by atoms with Crippen molar-refractivity contribution >= 4 is 49.1 Å². The molecule has 0 bridgehead atoms. The fourth-order valence-electron chi connectivity index (χ4n) is 3.62. The maximum Gasteiger partial charge on any atom is 0.337 e. The summed E-state index contributed by atoms with van der Waals surface area (Å²) in [6.07, 6.45) is 0. The standard InChI is InChI=1S/C25H23N3O5S2/c1-4-28(19-8-6-5-7-9-19)35(31,32)20-13-10-17(11-14-20)23(29)26-25-27(2)21-15-12-18(24(30)33-3)16-22(21)34-25/h5-16H,4H2,1-3H3. The summed E-state index contributed by atoms with van der Waals surface area (Å²) in [7, 11) is -0.694. The third-order valence-electron chi connectivity index (χ3n) is 5.45. The van der Waals surface area contributed by atoms with Gasteiger partial charge in [-0.05, 0) is 61.5 Å². The average molecular weight is 510 g/mol. The number of sulfonamides is 1. The van der Waals surface area contributed by atoms with Crippen molar-refractivity contribution < 1.29 is 22.7 Å². The number of carbonyl (C=O) groups excluding carboxylic acids is 2. The zero-order valence-electron chi connectivity index (χ0n) is 19.3. The van der Waals surface area contributed by atoms with E-state index in [4.69, 9.17) is 4.74 Å². The Labute approximate surface area is 206 Å². The van der Waals surface area contributed by atoms with E-state index in [1.807, 2.05) is 6.07 Å². The van der Waals surface area contributed by atoms with Gasteiger partial charge in [0.15, 0.2) is 4.80 Å². The number of hydrogen-bond acceptors (Lipinski definition) is 6. The Balaban J connectivity index is 1.63. The van der Waals surface area contributed by atoms with Crippen LogP contribution >= 0.6 is 11.3 Å². The second kappa shape index (κ2) is 9.85. The van der Waals surface area contributed by atoms with Gasteiger partial charge in [0.1, 0.15) is 0 Å². The van der Waals surface area contributed by atoms with E-state index in [1.165, 1.54) is 47.0 Å². The van der Waals surface area contributed by atoms with E-state index in [2.05, 4.69) is 4.99 Å². The maximum atomic E-state index is 13.2. The number of methoxy groups -OCH3 is 1. The molecule has 0 radical (unpaired) electrons. The average Bonchev–Trinajstić information content (AvgIpc) is 3.18. The van der Waals surface area contributed by atoms with Crippen LogP contribution in [0.5, 0.6) is 0 Å². The highest BCUT2D eigenvalue weighted by molar-refractivity contribution is 7.92. The van der Waals surface area contributed by atoms with Crippen LogP contribution in [0.2, 0.25) is 0 Å². The van der Waals surface area contributed by atoms with Gasteiger partial charge >= 0.3 is 5.97 Å². The topological polar surface area (TPSA) is 98.0 Å². The number of amides is 1. The number of ether oxygens (including phenoxy) is 1. The number of carbonyl (C=O) groups is 2. The van der Waals surface area contributed by atoms with Gasteiger partial charge in [-0.1, -0.05) is 29.5 Å². The Bertz CT molecular complexity index is 1570. The van der Waals surface area contributed by atoms with Crippen molar-refractivity contribution in [2.45, 2.75) is 11.8 Å². The molecule has 3 aromatic carbocycles. The first-order valence-electron chi connectivity index (χ1n) is 10.7. The third kappa shape index (κ3) is 4.75. The quantitative estimate of drug-likeness (QED) is 0.366. The van der Waals surface area contributed by atoms with Crippen molar-refractivity contribution in [2.24, 2.45) is 12.0 Å². The summed E-state index contributed by atoms with van der Waals surface area (Å²) in [5, 5.41) is 0. The first-order chi connectivity index (χ1) is 16.8. The number of para-hydroxylation sites is 1. The molecule has 0 aliphatic heterocycles. The second-order valence-electron chi connectivity index (χ2n) is 7.56. The van der Waals surface area contributed by atoms with Crippen LogP contribution in [0.15, 0.2) is 82.7 Å². The molecule has 1 amide bonds. The summed E-state index contributed by atoms with van der Waals surface area (Å²) < 4.78 is 34.9. The molecule has 0 aliphatic carbocycles. The van der Waals surface area contributed by atoms with Crippen LogP contribution in [-0.2, 0) is 21.8 Å². The van der Waals surface area contributed by atoms with E-state index >= 15 is 0 Å². The summed E-state index contributed by atoms with van der Waals surface area (Å²) in [5.41, 5.74) is 2.06. The monoisotopic (exact) mass is 509 g/mol. The molecule has 0 saturated heterocycles. The summed E-state index contributed by atoms with van der Waals surface area (Å²) >= 11 is 1.27. The molecule has 0 saturated carbocycles. The molecule has 0 unspecified atom stereocenters. The number of thiazole rings is 1. The predicted octanol–water partition coefficient (Wildman–Crippen LogP) is 3.98. The number of hydrogen-bond donors (Lipinski definition) is 0. The van der Waals surface area contributed by atoms with Crippen molar-refractivity contribution in [3.8, 4) is 0 Å². The Kier molecular flexibility index (Phi) is 6.86. The lowest BCUT2D eigenvalue weighted by molar-refractivity contribution is 0.0600. The summed E-state index contributed by atoms with van der Waals surface area (Å²) in [4.78, 5) is 29.4. The number of esters is 1. The highest BCUT2D eigenvalue weighted by atomic mass is 32.2. The molecule has 1 aromatic heterocycles. The Morgan fingerprint density at radius 2 is 1.66 bits per heavy atom. The number of rotatable bonds is 6. The van der Waals surface area contributed by atoms with Gasteiger partial charge in [0.05, 0.1) is 33.5 Å². The number of anilines is 1. The van der Waals surface area contributed by atoms with Crippen LogP contribution in [0.25, 0.3) is 10.2 Å². The lowest BCUT2D eigenvalue weighted by Crippen LogP contribution is -2.30. The Morgan fingerprint density at radius 1 is 1.00 bits per heavy atom. The highest BCUT2D eigenvalue weighted by Crippen LogP contribution is 2.24. The second-order valence-corrected chi connectivity index (χ2v) is 10.4. The van der Waals surface area contributed by atoms with Gasteiger partial charge in [-0.2, -0.15) is 4.99 Å². The lowest BCUT2D eigenvalue weighted by Gasteiger charge is -2.22. The molecule has 0 fully saturated rings. The molecule has 0 atom stereocenters. The van der Waals surface area contributed by atoms with Gasteiger partial charge < -0.3 is 9.30 Å². The van der Waals surface area contributed by atoms with E-state index in [0.29, 0.717) is 16.1 Å². The van der Waals surface area contributed by atoms with E-state index in [0.717, 1.165) is 10.2 Å². The zero-order valence-corrected chi connectivity index (χ0v) is 21.0. The molecule has 0 spiro atoms. The van der Waals surface area contributed by atoms with Crippen LogP contribution in [0.3, 0.4) is 0 Å². The maximum absolute atomic E-state index is 13.2. The van der Waals surface area contributed by atoms with Crippen LogP contribution in [0, 0.1) is 0 Å². The molecule has 35 heavy (non-hydrogen) atoms. The van der Waals surface area contributed by atoms with E-state index in [-0.39, 0.29) is 17.0 Å². The molecular formula is C25H23N3O5S2. The Morgan fingerprint density at radius 3 is 2.29 bits per heavy atom. The van der Waals surface area contributed by atoms with Crippen molar-refractivity contribution in [3.05, 3.63) is 88.7 Å². The van der Waals surface area contributed by atoms with Gasteiger partial charge in [0.25, 0.3) is 15.9 Å². The van der Waals surface area contributed by atoms with Gasteiger partial charge in [0, 0.05) is 19.2 Å². The number of benzene rings is 3. The minimum absolute atomic E-state index is 0.0857. The fraction of sp³-hybridized carbons (Fsp3) is 0.160. The predicted molar refractivity (Wildman–Crippen MR) is 135 cm³/mol.